The highest BCUT2D eigenvalue weighted by Crippen LogP contribution is 2.58. The molecule has 36 heavy (non-hydrogen) atoms. The van der Waals surface area contributed by atoms with E-state index in [4.69, 9.17) is 9.16 Å². The van der Waals surface area contributed by atoms with Crippen molar-refractivity contribution in [1.29, 1.82) is 0 Å². The van der Waals surface area contributed by atoms with E-state index >= 15 is 0 Å². The van der Waals surface area contributed by atoms with Crippen molar-refractivity contribution >= 4 is 8.32 Å². The number of ether oxygens (including phenoxy) is 1. The van der Waals surface area contributed by atoms with Crippen LogP contribution in [0.3, 0.4) is 0 Å². The highest BCUT2D eigenvalue weighted by molar-refractivity contribution is 6.74. The van der Waals surface area contributed by atoms with E-state index in [1.165, 1.54) is 44.9 Å². The molecular weight excluding hydrogens is 460 g/mol. The first-order valence-electron chi connectivity index (χ1n) is 14.9. The van der Waals surface area contributed by atoms with Gasteiger partial charge in [-0.25, -0.2) is 0 Å². The first kappa shape index (κ1) is 30.1. The van der Waals surface area contributed by atoms with Gasteiger partial charge in [0.15, 0.2) is 8.32 Å². The topological polar surface area (TPSA) is 38.7 Å². The summed E-state index contributed by atoms with van der Waals surface area (Å²) >= 11 is 0. The minimum atomic E-state index is -1.73. The third kappa shape index (κ3) is 7.15. The van der Waals surface area contributed by atoms with Crippen LogP contribution in [0, 0.1) is 23.2 Å². The zero-order chi connectivity index (χ0) is 26.9. The zero-order valence-corrected chi connectivity index (χ0v) is 26.4. The molecule has 3 aliphatic rings. The second kappa shape index (κ2) is 11.4. The Morgan fingerprint density at radius 3 is 2.36 bits per heavy atom. The summed E-state index contributed by atoms with van der Waals surface area (Å²) in [5, 5.41) is 10.3. The summed E-state index contributed by atoms with van der Waals surface area (Å²) in [4.78, 5) is 0. The lowest BCUT2D eigenvalue weighted by atomic mass is 9.62. The summed E-state index contributed by atoms with van der Waals surface area (Å²) in [6.07, 6.45) is 16.3. The van der Waals surface area contributed by atoms with Gasteiger partial charge >= 0.3 is 0 Å². The first-order chi connectivity index (χ1) is 16.5. The first-order valence-corrected chi connectivity index (χ1v) is 17.9. The Morgan fingerprint density at radius 1 is 1.06 bits per heavy atom. The number of hydrogen-bond acceptors (Lipinski definition) is 3. The lowest BCUT2D eigenvalue weighted by Gasteiger charge is -2.44. The van der Waals surface area contributed by atoms with Gasteiger partial charge in [0.05, 0.1) is 11.7 Å². The van der Waals surface area contributed by atoms with Gasteiger partial charge in [-0.1, -0.05) is 57.9 Å². The number of rotatable bonds is 8. The molecule has 3 fully saturated rings. The van der Waals surface area contributed by atoms with Crippen LogP contribution in [-0.4, -0.2) is 37.8 Å². The predicted molar refractivity (Wildman–Crippen MR) is 156 cm³/mol. The summed E-state index contributed by atoms with van der Waals surface area (Å²) in [5.41, 5.74) is 2.97. The average Bonchev–Trinajstić information content (AvgIpc) is 3.09. The Labute approximate surface area is 224 Å². The standard InChI is InChI=1S/C32H58O3Si/c1-23-13-16-27(35-36(9,10)30(3,4)5)22-26(23)15-14-25-12-11-19-32(8)28(17-18-29(25)32)24(2)34-21-20-31(6,7)33/h14-15,23-24,27-29,33H,11-13,16-22H2,1-10H3/b25-14+,26-15+/t23?,24-,27?,28+,29+,32+/m0/s1. The van der Waals surface area contributed by atoms with Crippen LogP contribution in [-0.2, 0) is 9.16 Å². The molecule has 0 radical (unpaired) electrons. The van der Waals surface area contributed by atoms with Gasteiger partial charge in [-0.15, -0.1) is 0 Å². The molecule has 6 atom stereocenters. The molecule has 3 nitrogen and oxygen atoms in total. The van der Waals surface area contributed by atoms with Crippen molar-refractivity contribution in [3.05, 3.63) is 23.3 Å². The number of aliphatic hydroxyl groups is 1. The van der Waals surface area contributed by atoms with Crippen molar-refractivity contribution in [2.24, 2.45) is 23.2 Å². The van der Waals surface area contributed by atoms with E-state index in [2.05, 4.69) is 66.8 Å². The molecule has 0 amide bonds. The van der Waals surface area contributed by atoms with Gasteiger partial charge in [-0.2, -0.15) is 0 Å². The summed E-state index contributed by atoms with van der Waals surface area (Å²) in [6, 6.07) is 0. The van der Waals surface area contributed by atoms with Crippen molar-refractivity contribution in [2.45, 2.75) is 149 Å². The van der Waals surface area contributed by atoms with Gasteiger partial charge in [0, 0.05) is 12.7 Å². The molecule has 0 bridgehead atoms. The lowest BCUT2D eigenvalue weighted by molar-refractivity contribution is -0.0454. The third-order valence-electron chi connectivity index (χ3n) is 10.5. The van der Waals surface area contributed by atoms with Crippen molar-refractivity contribution < 1.29 is 14.3 Å². The Balaban J connectivity index is 1.68. The number of allylic oxidation sites excluding steroid dienone is 3. The SMILES string of the molecule is CC1CCC(O[Si](C)(C)C(C)(C)C)C/C1=C\C=C1/CCC[C@@]2(C)[C@@H]1CC[C@@H]2[C@H](C)OCCC(C)(C)O. The molecule has 0 spiro atoms. The highest BCUT2D eigenvalue weighted by Gasteiger charge is 2.51. The molecule has 0 aliphatic heterocycles. The molecule has 3 rings (SSSR count). The minimum Gasteiger partial charge on any atom is -0.414 e. The molecule has 0 aromatic rings. The van der Waals surface area contributed by atoms with Crippen LogP contribution in [0.25, 0.3) is 0 Å². The average molecular weight is 519 g/mol. The van der Waals surface area contributed by atoms with E-state index in [0.29, 0.717) is 42.3 Å². The Kier molecular flexibility index (Phi) is 9.51. The number of fused-ring (bicyclic) bond motifs is 1. The van der Waals surface area contributed by atoms with E-state index in [1.54, 1.807) is 11.1 Å². The molecule has 0 aromatic heterocycles. The smallest absolute Gasteiger partial charge is 0.192 e. The zero-order valence-electron chi connectivity index (χ0n) is 25.4. The fraction of sp³-hybridized carbons (Fsp3) is 0.875. The van der Waals surface area contributed by atoms with Crippen LogP contribution in [0.5, 0.6) is 0 Å². The Bertz CT molecular complexity index is 799. The van der Waals surface area contributed by atoms with E-state index in [0.717, 1.165) is 6.42 Å². The van der Waals surface area contributed by atoms with Crippen molar-refractivity contribution in [3.63, 3.8) is 0 Å². The summed E-state index contributed by atoms with van der Waals surface area (Å²) < 4.78 is 13.1. The molecule has 3 aliphatic carbocycles. The lowest BCUT2D eigenvalue weighted by Crippen LogP contribution is -2.44. The predicted octanol–water partition coefficient (Wildman–Crippen LogP) is 8.83. The largest absolute Gasteiger partial charge is 0.414 e. The molecule has 208 valence electrons. The summed E-state index contributed by atoms with van der Waals surface area (Å²) in [6.45, 7) is 23.4. The molecular formula is C32H58O3Si. The van der Waals surface area contributed by atoms with Gasteiger partial charge < -0.3 is 14.3 Å². The molecule has 0 aromatic carbocycles. The van der Waals surface area contributed by atoms with Gasteiger partial charge in [0.2, 0.25) is 0 Å². The van der Waals surface area contributed by atoms with Gasteiger partial charge in [0.1, 0.15) is 0 Å². The van der Waals surface area contributed by atoms with Gasteiger partial charge in [-0.3, -0.25) is 0 Å². The van der Waals surface area contributed by atoms with Crippen LogP contribution in [0.2, 0.25) is 18.1 Å². The summed E-state index contributed by atoms with van der Waals surface area (Å²) in [7, 11) is -1.73. The van der Waals surface area contributed by atoms with Crippen LogP contribution < -0.4 is 0 Å². The molecule has 1 N–H and O–H groups in total. The number of hydrogen-bond donors (Lipinski definition) is 1. The maximum Gasteiger partial charge on any atom is 0.192 e. The second-order valence-electron chi connectivity index (χ2n) is 14.9. The monoisotopic (exact) mass is 518 g/mol. The molecule has 0 saturated heterocycles. The maximum absolute atomic E-state index is 10.1. The Hall–Kier alpha value is -0.423. The van der Waals surface area contributed by atoms with E-state index in [-0.39, 0.29) is 11.1 Å². The fourth-order valence-corrected chi connectivity index (χ4v) is 8.38. The molecule has 4 heteroatoms. The molecule has 3 saturated carbocycles. The van der Waals surface area contributed by atoms with Crippen molar-refractivity contribution in [2.75, 3.05) is 6.61 Å². The maximum atomic E-state index is 10.1. The minimum absolute atomic E-state index is 0.256. The van der Waals surface area contributed by atoms with E-state index < -0.39 is 13.9 Å². The fourth-order valence-electron chi connectivity index (χ4n) is 6.99. The van der Waals surface area contributed by atoms with Gasteiger partial charge in [0.25, 0.3) is 0 Å². The second-order valence-corrected chi connectivity index (χ2v) is 19.7. The normalized spacial score (nSPS) is 35.3. The van der Waals surface area contributed by atoms with Crippen molar-refractivity contribution in [3.8, 4) is 0 Å². The van der Waals surface area contributed by atoms with Crippen molar-refractivity contribution in [1.82, 2.24) is 0 Å². The van der Waals surface area contributed by atoms with Crippen LogP contribution in [0.4, 0.5) is 0 Å². The Morgan fingerprint density at radius 2 is 1.72 bits per heavy atom. The van der Waals surface area contributed by atoms with Gasteiger partial charge in [-0.05, 0) is 120 Å². The third-order valence-corrected chi connectivity index (χ3v) is 15.0. The van der Waals surface area contributed by atoms with Crippen LogP contribution in [0.15, 0.2) is 23.3 Å². The highest BCUT2D eigenvalue weighted by atomic mass is 28.4. The summed E-state index contributed by atoms with van der Waals surface area (Å²) in [5.74, 6) is 1.96. The molecule has 0 heterocycles. The van der Waals surface area contributed by atoms with Crippen LogP contribution in [0.1, 0.15) is 113 Å². The quantitative estimate of drug-likeness (QED) is 0.326. The van der Waals surface area contributed by atoms with E-state index in [1.807, 2.05) is 13.8 Å². The van der Waals surface area contributed by atoms with E-state index in [9.17, 15) is 5.11 Å². The van der Waals surface area contributed by atoms with Crippen LogP contribution >= 0.6 is 0 Å². The molecule has 2 unspecified atom stereocenters.